The maximum atomic E-state index is 10.6. The van der Waals surface area contributed by atoms with Gasteiger partial charge >= 0.3 is 5.97 Å². The van der Waals surface area contributed by atoms with Gasteiger partial charge in [-0.3, -0.25) is 4.79 Å². The van der Waals surface area contributed by atoms with E-state index in [-0.39, 0.29) is 18.5 Å². The smallest absolute Gasteiger partial charge is 0.302 e. The normalized spacial score (nSPS) is 17.9. The summed E-state index contributed by atoms with van der Waals surface area (Å²) >= 11 is 0. The predicted molar refractivity (Wildman–Crippen MR) is 47.3 cm³/mol. The molecule has 0 heterocycles. The van der Waals surface area contributed by atoms with Gasteiger partial charge in [-0.1, -0.05) is 0 Å². The van der Waals surface area contributed by atoms with Gasteiger partial charge in [-0.25, -0.2) is 0 Å². The number of aldehydes is 1. The van der Waals surface area contributed by atoms with E-state index in [0.29, 0.717) is 12.6 Å². The van der Waals surface area contributed by atoms with E-state index in [1.165, 1.54) is 19.8 Å². The Balaban J connectivity index is 2.18. The van der Waals surface area contributed by atoms with Crippen molar-refractivity contribution in [1.82, 2.24) is 5.32 Å². The van der Waals surface area contributed by atoms with Crippen molar-refractivity contribution in [2.45, 2.75) is 38.3 Å². The first-order valence-electron chi connectivity index (χ1n) is 4.56. The lowest BCUT2D eigenvalue weighted by Crippen LogP contribution is -2.32. The molecule has 1 saturated carbocycles. The van der Waals surface area contributed by atoms with Crippen molar-refractivity contribution in [3.8, 4) is 0 Å². The molecule has 0 aromatic heterocycles. The first-order chi connectivity index (χ1) is 6.22. The summed E-state index contributed by atoms with van der Waals surface area (Å²) in [7, 11) is 0. The Morgan fingerprint density at radius 2 is 2.38 bits per heavy atom. The molecule has 1 unspecified atom stereocenters. The molecule has 13 heavy (non-hydrogen) atoms. The van der Waals surface area contributed by atoms with E-state index in [2.05, 4.69) is 5.32 Å². The van der Waals surface area contributed by atoms with Gasteiger partial charge < -0.3 is 14.8 Å². The molecule has 1 aliphatic rings. The summed E-state index contributed by atoms with van der Waals surface area (Å²) in [4.78, 5) is 20.9. The van der Waals surface area contributed by atoms with Crippen LogP contribution in [-0.4, -0.2) is 30.9 Å². The van der Waals surface area contributed by atoms with E-state index in [1.807, 2.05) is 0 Å². The minimum absolute atomic E-state index is 0.277. The third kappa shape index (κ3) is 4.62. The average molecular weight is 185 g/mol. The van der Waals surface area contributed by atoms with Crippen LogP contribution in [0.4, 0.5) is 0 Å². The van der Waals surface area contributed by atoms with E-state index >= 15 is 0 Å². The van der Waals surface area contributed by atoms with Crippen LogP contribution in [0.1, 0.15) is 26.2 Å². The lowest BCUT2D eigenvalue weighted by Gasteiger charge is -2.14. The van der Waals surface area contributed by atoms with Crippen LogP contribution in [0.15, 0.2) is 0 Å². The van der Waals surface area contributed by atoms with Crippen LogP contribution in [0, 0.1) is 0 Å². The standard InChI is InChI=1S/C9H15NO3/c1-7(12)13-9(4-5-11)6-10-8-2-3-8/h5,8-10H,2-4,6H2,1H3. The Bertz CT molecular complexity index is 189. The summed E-state index contributed by atoms with van der Waals surface area (Å²) in [6.07, 6.45) is 3.14. The molecule has 0 aliphatic heterocycles. The summed E-state index contributed by atoms with van der Waals surface area (Å²) in [6.45, 7) is 1.94. The van der Waals surface area contributed by atoms with Gasteiger partial charge in [0.05, 0.1) is 0 Å². The highest BCUT2D eigenvalue weighted by molar-refractivity contribution is 5.66. The second kappa shape index (κ2) is 4.97. The molecule has 0 spiro atoms. The number of rotatable bonds is 6. The zero-order valence-corrected chi connectivity index (χ0v) is 7.79. The van der Waals surface area contributed by atoms with Gasteiger partial charge in [0.2, 0.25) is 0 Å². The van der Waals surface area contributed by atoms with E-state index in [9.17, 15) is 9.59 Å². The molecule has 0 aromatic rings. The molecule has 0 saturated heterocycles. The molecular formula is C9H15NO3. The number of ether oxygens (including phenoxy) is 1. The molecular weight excluding hydrogens is 170 g/mol. The van der Waals surface area contributed by atoms with Crippen LogP contribution < -0.4 is 5.32 Å². The van der Waals surface area contributed by atoms with Crippen molar-refractivity contribution >= 4 is 12.3 Å². The minimum Gasteiger partial charge on any atom is -0.461 e. The van der Waals surface area contributed by atoms with Crippen molar-refractivity contribution in [2.24, 2.45) is 0 Å². The van der Waals surface area contributed by atoms with Gasteiger partial charge in [0, 0.05) is 25.9 Å². The molecule has 1 N–H and O–H groups in total. The van der Waals surface area contributed by atoms with Crippen LogP contribution in [0.2, 0.25) is 0 Å². The third-order valence-corrected chi connectivity index (χ3v) is 1.90. The Kier molecular flexibility index (Phi) is 3.89. The first-order valence-corrected chi connectivity index (χ1v) is 4.56. The largest absolute Gasteiger partial charge is 0.461 e. The second-order valence-electron chi connectivity index (χ2n) is 3.32. The summed E-state index contributed by atoms with van der Waals surface area (Å²) in [5.41, 5.74) is 0. The number of hydrogen-bond acceptors (Lipinski definition) is 4. The van der Waals surface area contributed by atoms with Gasteiger partial charge in [0.15, 0.2) is 0 Å². The van der Waals surface area contributed by atoms with E-state index in [1.54, 1.807) is 0 Å². The maximum absolute atomic E-state index is 10.6. The van der Waals surface area contributed by atoms with Gasteiger partial charge in [-0.15, -0.1) is 0 Å². The number of carbonyl (C=O) groups is 2. The van der Waals surface area contributed by atoms with Crippen LogP contribution >= 0.6 is 0 Å². The van der Waals surface area contributed by atoms with Gasteiger partial charge in [-0.2, -0.15) is 0 Å². The van der Waals surface area contributed by atoms with Crippen molar-refractivity contribution in [3.05, 3.63) is 0 Å². The molecule has 0 radical (unpaired) electrons. The van der Waals surface area contributed by atoms with Crippen LogP contribution in [0.25, 0.3) is 0 Å². The van der Waals surface area contributed by atoms with Gasteiger partial charge in [-0.05, 0) is 12.8 Å². The zero-order valence-electron chi connectivity index (χ0n) is 7.79. The lowest BCUT2D eigenvalue weighted by atomic mass is 10.2. The molecule has 1 rings (SSSR count). The first kappa shape index (κ1) is 10.2. The predicted octanol–water partition coefficient (Wildman–Crippen LogP) is 0.259. The molecule has 1 fully saturated rings. The van der Waals surface area contributed by atoms with Gasteiger partial charge in [0.25, 0.3) is 0 Å². The number of hydrogen-bond donors (Lipinski definition) is 1. The highest BCUT2D eigenvalue weighted by Gasteiger charge is 2.22. The fourth-order valence-electron chi connectivity index (χ4n) is 1.10. The number of nitrogens with one attached hydrogen (secondary N) is 1. The number of carbonyl (C=O) groups excluding carboxylic acids is 2. The van der Waals surface area contributed by atoms with Crippen LogP contribution in [0.5, 0.6) is 0 Å². The van der Waals surface area contributed by atoms with Crippen molar-refractivity contribution in [3.63, 3.8) is 0 Å². The van der Waals surface area contributed by atoms with E-state index in [4.69, 9.17) is 4.74 Å². The fourth-order valence-corrected chi connectivity index (χ4v) is 1.10. The molecule has 0 amide bonds. The molecule has 4 nitrogen and oxygen atoms in total. The molecule has 74 valence electrons. The quantitative estimate of drug-likeness (QED) is 0.476. The summed E-state index contributed by atoms with van der Waals surface area (Å²) < 4.78 is 4.94. The van der Waals surface area contributed by atoms with E-state index < -0.39 is 0 Å². The highest BCUT2D eigenvalue weighted by atomic mass is 16.5. The monoisotopic (exact) mass is 185 g/mol. The topological polar surface area (TPSA) is 55.4 Å². The van der Waals surface area contributed by atoms with Crippen molar-refractivity contribution in [2.75, 3.05) is 6.54 Å². The van der Waals surface area contributed by atoms with Crippen molar-refractivity contribution in [1.29, 1.82) is 0 Å². The fraction of sp³-hybridized carbons (Fsp3) is 0.778. The lowest BCUT2D eigenvalue weighted by molar-refractivity contribution is -0.146. The highest BCUT2D eigenvalue weighted by Crippen LogP contribution is 2.18. The Labute approximate surface area is 77.6 Å². The van der Waals surface area contributed by atoms with Crippen LogP contribution in [-0.2, 0) is 14.3 Å². The third-order valence-electron chi connectivity index (χ3n) is 1.90. The molecule has 1 aliphatic carbocycles. The Morgan fingerprint density at radius 1 is 1.69 bits per heavy atom. The van der Waals surface area contributed by atoms with Gasteiger partial charge in [0.1, 0.15) is 12.4 Å². The SMILES string of the molecule is CC(=O)OC(CC=O)CNC1CC1. The molecule has 0 bridgehead atoms. The summed E-state index contributed by atoms with van der Waals surface area (Å²) in [5.74, 6) is -0.329. The van der Waals surface area contributed by atoms with E-state index in [0.717, 1.165) is 6.29 Å². The second-order valence-corrected chi connectivity index (χ2v) is 3.32. The average Bonchev–Trinajstić information content (AvgIpc) is 2.82. The molecule has 1 atom stereocenters. The van der Waals surface area contributed by atoms with Crippen LogP contribution in [0.3, 0.4) is 0 Å². The van der Waals surface area contributed by atoms with Crippen molar-refractivity contribution < 1.29 is 14.3 Å². The summed E-state index contributed by atoms with van der Waals surface area (Å²) in [5, 5.41) is 3.21. The summed E-state index contributed by atoms with van der Waals surface area (Å²) in [6, 6.07) is 0.574. The minimum atomic E-state index is -0.329. The maximum Gasteiger partial charge on any atom is 0.302 e. The molecule has 4 heteroatoms. The Morgan fingerprint density at radius 3 is 2.85 bits per heavy atom. The molecule has 0 aromatic carbocycles. The number of esters is 1. The Hall–Kier alpha value is -0.900. The zero-order chi connectivity index (χ0) is 9.68.